The number of para-hydroxylation sites is 1. The number of amides is 2. The van der Waals surface area contributed by atoms with E-state index in [9.17, 15) is 14.4 Å². The van der Waals surface area contributed by atoms with Crippen LogP contribution >= 0.6 is 0 Å². The van der Waals surface area contributed by atoms with Crippen LogP contribution < -0.4 is 10.2 Å². The van der Waals surface area contributed by atoms with Crippen molar-refractivity contribution >= 4 is 29.2 Å². The van der Waals surface area contributed by atoms with Crippen molar-refractivity contribution in [2.75, 3.05) is 23.9 Å². The van der Waals surface area contributed by atoms with Gasteiger partial charge in [-0.3, -0.25) is 9.59 Å². The topological polar surface area (TPSA) is 75.7 Å². The summed E-state index contributed by atoms with van der Waals surface area (Å²) >= 11 is 0. The van der Waals surface area contributed by atoms with Crippen molar-refractivity contribution in [3.8, 4) is 0 Å². The highest BCUT2D eigenvalue weighted by Crippen LogP contribution is 2.27. The first-order chi connectivity index (χ1) is 13.0. The molecule has 1 heterocycles. The van der Waals surface area contributed by atoms with E-state index in [4.69, 9.17) is 0 Å². The van der Waals surface area contributed by atoms with Crippen LogP contribution in [0.5, 0.6) is 0 Å². The minimum absolute atomic E-state index is 0.107. The summed E-state index contributed by atoms with van der Waals surface area (Å²) in [5, 5.41) is 2.95. The molecular weight excluding hydrogens is 344 g/mol. The van der Waals surface area contributed by atoms with Crippen molar-refractivity contribution in [3.05, 3.63) is 59.7 Å². The summed E-state index contributed by atoms with van der Waals surface area (Å²) in [5.41, 5.74) is 2.93. The van der Waals surface area contributed by atoms with Crippen LogP contribution in [0.3, 0.4) is 0 Å². The van der Waals surface area contributed by atoms with Crippen LogP contribution in [-0.4, -0.2) is 31.4 Å². The number of esters is 1. The fraction of sp³-hybridized carbons (Fsp3) is 0.286. The smallest absolute Gasteiger partial charge is 0.337 e. The molecule has 0 aliphatic carbocycles. The molecule has 1 unspecified atom stereocenters. The minimum atomic E-state index is -0.429. The normalized spacial score (nSPS) is 16.3. The highest BCUT2D eigenvalue weighted by molar-refractivity contribution is 6.04. The predicted octanol–water partition coefficient (Wildman–Crippen LogP) is 3.03. The van der Waals surface area contributed by atoms with Crippen LogP contribution in [0, 0.1) is 5.92 Å². The van der Waals surface area contributed by atoms with Gasteiger partial charge in [0.1, 0.15) is 0 Å². The number of hydrogen-bond donors (Lipinski definition) is 1. The lowest BCUT2D eigenvalue weighted by molar-refractivity contribution is -0.122. The maximum atomic E-state index is 12.6. The van der Waals surface area contributed by atoms with E-state index >= 15 is 0 Å². The van der Waals surface area contributed by atoms with Crippen molar-refractivity contribution < 1.29 is 19.1 Å². The summed E-state index contributed by atoms with van der Waals surface area (Å²) in [6.45, 7) is 2.35. The van der Waals surface area contributed by atoms with E-state index in [1.807, 2.05) is 31.2 Å². The number of benzene rings is 2. The van der Waals surface area contributed by atoms with Crippen LogP contribution in [0.2, 0.25) is 0 Å². The molecule has 1 aliphatic rings. The van der Waals surface area contributed by atoms with Gasteiger partial charge < -0.3 is 15.0 Å². The first-order valence-corrected chi connectivity index (χ1v) is 8.91. The zero-order valence-corrected chi connectivity index (χ0v) is 15.4. The molecule has 1 fully saturated rings. The molecule has 1 N–H and O–H groups in total. The molecule has 2 amide bonds. The summed E-state index contributed by atoms with van der Waals surface area (Å²) in [5.74, 6) is -1.11. The first kappa shape index (κ1) is 18.6. The lowest BCUT2D eigenvalue weighted by Gasteiger charge is -2.17. The fourth-order valence-electron chi connectivity index (χ4n) is 3.21. The molecule has 2 aromatic carbocycles. The zero-order valence-electron chi connectivity index (χ0n) is 15.4. The maximum absolute atomic E-state index is 12.6. The number of nitrogens with zero attached hydrogens (tertiary/aromatic N) is 1. The van der Waals surface area contributed by atoms with Gasteiger partial charge in [0.05, 0.1) is 18.6 Å². The number of hydrogen-bond acceptors (Lipinski definition) is 4. The average Bonchev–Trinajstić information content (AvgIpc) is 3.09. The number of carbonyl (C=O) groups excluding carboxylic acids is 3. The molecule has 6 nitrogen and oxygen atoms in total. The number of methoxy groups -OCH3 is 1. The summed E-state index contributed by atoms with van der Waals surface area (Å²) in [6, 6.07) is 14.3. The number of rotatable bonds is 5. The molecule has 2 aromatic rings. The largest absolute Gasteiger partial charge is 0.465 e. The van der Waals surface area contributed by atoms with Gasteiger partial charge in [0.25, 0.3) is 0 Å². The lowest BCUT2D eigenvalue weighted by atomic mass is 10.1. The Morgan fingerprint density at radius 2 is 1.85 bits per heavy atom. The highest BCUT2D eigenvalue weighted by Gasteiger charge is 2.35. The molecule has 1 atom stereocenters. The molecule has 6 heteroatoms. The zero-order chi connectivity index (χ0) is 19.4. The Labute approximate surface area is 158 Å². The van der Waals surface area contributed by atoms with Gasteiger partial charge in [0.15, 0.2) is 0 Å². The molecule has 140 valence electrons. The molecule has 1 aliphatic heterocycles. The third-order valence-corrected chi connectivity index (χ3v) is 4.75. The second kappa shape index (κ2) is 8.03. The van der Waals surface area contributed by atoms with Crippen molar-refractivity contribution in [3.63, 3.8) is 0 Å². The van der Waals surface area contributed by atoms with Crippen LogP contribution in [0.1, 0.15) is 29.3 Å². The highest BCUT2D eigenvalue weighted by atomic mass is 16.5. The molecular formula is C21H22N2O4. The van der Waals surface area contributed by atoms with Crippen LogP contribution in [0.4, 0.5) is 11.4 Å². The van der Waals surface area contributed by atoms with E-state index in [0.717, 1.165) is 17.7 Å². The third kappa shape index (κ3) is 4.00. The Hall–Kier alpha value is -3.15. The fourth-order valence-corrected chi connectivity index (χ4v) is 3.21. The number of anilines is 2. The quantitative estimate of drug-likeness (QED) is 0.826. The predicted molar refractivity (Wildman–Crippen MR) is 103 cm³/mol. The Morgan fingerprint density at radius 1 is 1.15 bits per heavy atom. The molecule has 0 bridgehead atoms. The molecule has 1 saturated heterocycles. The van der Waals surface area contributed by atoms with Gasteiger partial charge in [-0.2, -0.15) is 0 Å². The Balaban J connectivity index is 1.69. The Morgan fingerprint density at radius 3 is 2.52 bits per heavy atom. The monoisotopic (exact) mass is 366 g/mol. The molecule has 3 rings (SSSR count). The Kier molecular flexibility index (Phi) is 5.54. The summed E-state index contributed by atoms with van der Waals surface area (Å²) < 4.78 is 4.67. The van der Waals surface area contributed by atoms with Crippen LogP contribution in [0.15, 0.2) is 48.5 Å². The van der Waals surface area contributed by atoms with Crippen molar-refractivity contribution in [2.45, 2.75) is 19.8 Å². The van der Waals surface area contributed by atoms with Crippen molar-refractivity contribution in [1.29, 1.82) is 0 Å². The molecule has 0 spiro atoms. The average molecular weight is 366 g/mol. The van der Waals surface area contributed by atoms with Gasteiger partial charge in [-0.05, 0) is 42.3 Å². The van der Waals surface area contributed by atoms with Crippen LogP contribution in [-0.2, 0) is 20.7 Å². The second-order valence-corrected chi connectivity index (χ2v) is 6.44. The van der Waals surface area contributed by atoms with Gasteiger partial charge in [-0.25, -0.2) is 4.79 Å². The summed E-state index contributed by atoms with van der Waals surface area (Å²) in [6.07, 6.45) is 0.984. The van der Waals surface area contributed by atoms with E-state index in [1.165, 1.54) is 7.11 Å². The number of carbonyl (C=O) groups is 3. The third-order valence-electron chi connectivity index (χ3n) is 4.75. The van der Waals surface area contributed by atoms with Gasteiger partial charge in [-0.1, -0.05) is 25.1 Å². The van der Waals surface area contributed by atoms with E-state index in [2.05, 4.69) is 10.1 Å². The van der Waals surface area contributed by atoms with E-state index in [0.29, 0.717) is 17.8 Å². The van der Waals surface area contributed by atoms with E-state index in [1.54, 1.807) is 29.2 Å². The SMILES string of the molecule is CCc1ccccc1NC(=O)C1CC(=O)N(c2ccc(C(=O)OC)cc2)C1. The van der Waals surface area contributed by atoms with Crippen molar-refractivity contribution in [1.82, 2.24) is 0 Å². The molecule has 0 radical (unpaired) electrons. The minimum Gasteiger partial charge on any atom is -0.465 e. The summed E-state index contributed by atoms with van der Waals surface area (Å²) in [7, 11) is 1.32. The number of nitrogens with one attached hydrogen (secondary N) is 1. The second-order valence-electron chi connectivity index (χ2n) is 6.44. The maximum Gasteiger partial charge on any atom is 0.337 e. The molecule has 27 heavy (non-hydrogen) atoms. The summed E-state index contributed by atoms with van der Waals surface area (Å²) in [4.78, 5) is 38.1. The van der Waals surface area contributed by atoms with Gasteiger partial charge >= 0.3 is 5.97 Å². The Bertz CT molecular complexity index is 861. The van der Waals surface area contributed by atoms with Gasteiger partial charge in [-0.15, -0.1) is 0 Å². The number of aryl methyl sites for hydroxylation is 1. The first-order valence-electron chi connectivity index (χ1n) is 8.91. The lowest BCUT2D eigenvalue weighted by Crippen LogP contribution is -2.28. The van der Waals surface area contributed by atoms with Crippen molar-refractivity contribution in [2.24, 2.45) is 5.92 Å². The van der Waals surface area contributed by atoms with Crippen LogP contribution in [0.25, 0.3) is 0 Å². The van der Waals surface area contributed by atoms with Gasteiger partial charge in [0, 0.05) is 24.3 Å². The molecule has 0 saturated carbocycles. The standard InChI is InChI=1S/C21H22N2O4/c1-3-14-6-4-5-7-18(14)22-20(25)16-12-19(24)23(13-16)17-10-8-15(9-11-17)21(26)27-2/h4-11,16H,3,12-13H2,1-2H3,(H,22,25). The van der Waals surface area contributed by atoms with E-state index in [-0.39, 0.29) is 18.2 Å². The van der Waals surface area contributed by atoms with E-state index < -0.39 is 11.9 Å². The molecule has 0 aromatic heterocycles. The number of ether oxygens (including phenoxy) is 1. The van der Waals surface area contributed by atoms with Gasteiger partial charge in [0.2, 0.25) is 11.8 Å².